The van der Waals surface area contributed by atoms with Gasteiger partial charge in [-0.15, -0.1) is 0 Å². The first-order valence-electron chi connectivity index (χ1n) is 6.64. The number of furan rings is 1. The molecule has 1 aliphatic carbocycles. The maximum absolute atomic E-state index is 6.13. The summed E-state index contributed by atoms with van der Waals surface area (Å²) >= 11 is 0. The fraction of sp³-hybridized carbons (Fsp3) is 0.714. The molecular formula is C14H23NO2. The van der Waals surface area contributed by atoms with Gasteiger partial charge in [0.15, 0.2) is 0 Å². The van der Waals surface area contributed by atoms with Crippen LogP contribution in [0.1, 0.15) is 56.7 Å². The maximum Gasteiger partial charge on any atom is 0.134 e. The Morgan fingerprint density at radius 2 is 2.00 bits per heavy atom. The summed E-state index contributed by atoms with van der Waals surface area (Å²) in [6.45, 7) is 3.92. The van der Waals surface area contributed by atoms with Gasteiger partial charge in [-0.3, -0.25) is 0 Å². The summed E-state index contributed by atoms with van der Waals surface area (Å²) in [6.07, 6.45) is 6.44. The number of ether oxygens (including phenoxy) is 1. The molecule has 1 fully saturated rings. The number of aryl methyl sites for hydroxylation is 1. The minimum atomic E-state index is -0.105. The van der Waals surface area contributed by atoms with Crippen LogP contribution in [0.15, 0.2) is 16.5 Å². The zero-order chi connectivity index (χ0) is 12.3. The molecule has 0 aromatic carbocycles. The van der Waals surface area contributed by atoms with Crippen molar-refractivity contribution in [3.8, 4) is 0 Å². The summed E-state index contributed by atoms with van der Waals surface area (Å²) in [5.41, 5.74) is 6.01. The van der Waals surface area contributed by atoms with Crippen molar-refractivity contribution in [1.82, 2.24) is 0 Å². The Labute approximate surface area is 103 Å². The molecule has 2 N–H and O–H groups in total. The minimum absolute atomic E-state index is 0.0394. The van der Waals surface area contributed by atoms with E-state index in [0.717, 1.165) is 24.4 Å². The highest BCUT2D eigenvalue weighted by Gasteiger charge is 2.25. The average Bonchev–Trinajstić information content (AvgIpc) is 2.73. The van der Waals surface area contributed by atoms with Crippen LogP contribution in [0.2, 0.25) is 0 Å². The van der Waals surface area contributed by atoms with Crippen LogP contribution in [0.5, 0.6) is 0 Å². The van der Waals surface area contributed by atoms with E-state index in [2.05, 4.69) is 0 Å². The van der Waals surface area contributed by atoms with E-state index in [-0.39, 0.29) is 12.1 Å². The van der Waals surface area contributed by atoms with Gasteiger partial charge >= 0.3 is 0 Å². The van der Waals surface area contributed by atoms with Gasteiger partial charge in [0.2, 0.25) is 0 Å². The summed E-state index contributed by atoms with van der Waals surface area (Å²) in [5.74, 6) is 1.78. The lowest BCUT2D eigenvalue weighted by molar-refractivity contribution is -0.0502. The Morgan fingerprint density at radius 3 is 2.53 bits per heavy atom. The van der Waals surface area contributed by atoms with E-state index in [1.807, 2.05) is 26.0 Å². The molecule has 2 rings (SSSR count). The molecule has 3 nitrogen and oxygen atoms in total. The van der Waals surface area contributed by atoms with Crippen molar-refractivity contribution in [1.29, 1.82) is 0 Å². The molecule has 0 aliphatic heterocycles. The highest BCUT2D eigenvalue weighted by Crippen LogP contribution is 2.29. The second-order valence-electron chi connectivity index (χ2n) is 5.12. The molecule has 2 unspecified atom stereocenters. The normalized spacial score (nSPS) is 21.4. The summed E-state index contributed by atoms with van der Waals surface area (Å²) < 4.78 is 11.8. The molecule has 1 saturated carbocycles. The number of nitrogens with two attached hydrogens (primary N) is 1. The van der Waals surface area contributed by atoms with Crippen LogP contribution >= 0.6 is 0 Å². The van der Waals surface area contributed by atoms with Gasteiger partial charge < -0.3 is 14.9 Å². The Bertz CT molecular complexity index is 340. The number of hydrogen-bond acceptors (Lipinski definition) is 3. The second-order valence-corrected chi connectivity index (χ2v) is 5.12. The topological polar surface area (TPSA) is 48.4 Å². The van der Waals surface area contributed by atoms with Crippen molar-refractivity contribution < 1.29 is 9.15 Å². The van der Waals surface area contributed by atoms with Crippen molar-refractivity contribution in [2.75, 3.05) is 0 Å². The van der Waals surface area contributed by atoms with Gasteiger partial charge in [0.05, 0.1) is 6.10 Å². The quantitative estimate of drug-likeness (QED) is 0.873. The van der Waals surface area contributed by atoms with Gasteiger partial charge in [-0.05, 0) is 38.8 Å². The average molecular weight is 237 g/mol. The minimum Gasteiger partial charge on any atom is -0.464 e. The first-order chi connectivity index (χ1) is 8.16. The fourth-order valence-corrected chi connectivity index (χ4v) is 2.46. The molecule has 1 heterocycles. The van der Waals surface area contributed by atoms with E-state index in [1.54, 1.807) is 0 Å². The fourth-order valence-electron chi connectivity index (χ4n) is 2.46. The molecule has 0 bridgehead atoms. The lowest BCUT2D eigenvalue weighted by Crippen LogP contribution is -2.31. The Morgan fingerprint density at radius 1 is 1.29 bits per heavy atom. The standard InChI is InChI=1S/C14H23NO2/c1-10-8-9-13(16-10)14(11(2)15)17-12-6-4-3-5-7-12/h8-9,11-12,14H,3-7,15H2,1-2H3. The van der Waals surface area contributed by atoms with E-state index in [9.17, 15) is 0 Å². The molecular weight excluding hydrogens is 214 g/mol. The molecule has 1 aromatic heterocycles. The van der Waals surface area contributed by atoms with E-state index < -0.39 is 0 Å². The first kappa shape index (κ1) is 12.7. The largest absolute Gasteiger partial charge is 0.464 e. The van der Waals surface area contributed by atoms with Gasteiger partial charge in [-0.1, -0.05) is 19.3 Å². The third kappa shape index (κ3) is 3.33. The van der Waals surface area contributed by atoms with Gasteiger partial charge in [0.1, 0.15) is 17.6 Å². The summed E-state index contributed by atoms with van der Waals surface area (Å²) in [4.78, 5) is 0. The third-order valence-electron chi connectivity index (χ3n) is 3.41. The third-order valence-corrected chi connectivity index (χ3v) is 3.41. The maximum atomic E-state index is 6.13. The first-order valence-corrected chi connectivity index (χ1v) is 6.64. The zero-order valence-electron chi connectivity index (χ0n) is 10.8. The smallest absolute Gasteiger partial charge is 0.134 e. The number of rotatable bonds is 4. The van der Waals surface area contributed by atoms with Gasteiger partial charge in [-0.2, -0.15) is 0 Å². The van der Waals surface area contributed by atoms with Gasteiger partial charge in [0.25, 0.3) is 0 Å². The van der Waals surface area contributed by atoms with Crippen LogP contribution in [0.4, 0.5) is 0 Å². The molecule has 0 saturated heterocycles. The monoisotopic (exact) mass is 237 g/mol. The van der Waals surface area contributed by atoms with Gasteiger partial charge in [0, 0.05) is 6.04 Å². The summed E-state index contributed by atoms with van der Waals surface area (Å²) in [6, 6.07) is 3.91. The van der Waals surface area contributed by atoms with E-state index in [0.29, 0.717) is 6.10 Å². The van der Waals surface area contributed by atoms with E-state index >= 15 is 0 Å². The van der Waals surface area contributed by atoms with Crippen LogP contribution in [0.3, 0.4) is 0 Å². The molecule has 0 amide bonds. The van der Waals surface area contributed by atoms with Crippen LogP contribution in [-0.4, -0.2) is 12.1 Å². The van der Waals surface area contributed by atoms with Crippen molar-refractivity contribution >= 4 is 0 Å². The van der Waals surface area contributed by atoms with Crippen LogP contribution in [0.25, 0.3) is 0 Å². The Kier molecular flexibility index (Phi) is 4.24. The summed E-state index contributed by atoms with van der Waals surface area (Å²) in [7, 11) is 0. The van der Waals surface area contributed by atoms with E-state index in [4.69, 9.17) is 14.9 Å². The molecule has 3 heteroatoms. The second kappa shape index (κ2) is 5.69. The molecule has 1 aromatic rings. The highest BCUT2D eigenvalue weighted by atomic mass is 16.5. The molecule has 96 valence electrons. The molecule has 0 radical (unpaired) electrons. The molecule has 0 spiro atoms. The molecule has 2 atom stereocenters. The molecule has 1 aliphatic rings. The van der Waals surface area contributed by atoms with Gasteiger partial charge in [-0.25, -0.2) is 0 Å². The Hall–Kier alpha value is -0.800. The predicted molar refractivity (Wildman–Crippen MR) is 67.8 cm³/mol. The lowest BCUT2D eigenvalue weighted by Gasteiger charge is -2.28. The Balaban J connectivity index is 2.01. The van der Waals surface area contributed by atoms with Crippen LogP contribution in [-0.2, 0) is 4.74 Å². The van der Waals surface area contributed by atoms with Crippen molar-refractivity contribution in [2.45, 2.75) is 64.2 Å². The van der Waals surface area contributed by atoms with Crippen molar-refractivity contribution in [3.63, 3.8) is 0 Å². The lowest BCUT2D eigenvalue weighted by atomic mass is 9.97. The SMILES string of the molecule is Cc1ccc(C(OC2CCCCC2)C(C)N)o1. The van der Waals surface area contributed by atoms with Crippen molar-refractivity contribution in [2.24, 2.45) is 5.73 Å². The highest BCUT2D eigenvalue weighted by molar-refractivity contribution is 5.10. The van der Waals surface area contributed by atoms with Crippen LogP contribution < -0.4 is 5.73 Å². The summed E-state index contributed by atoms with van der Waals surface area (Å²) in [5, 5.41) is 0. The zero-order valence-corrected chi connectivity index (χ0v) is 10.8. The van der Waals surface area contributed by atoms with Crippen molar-refractivity contribution in [3.05, 3.63) is 23.7 Å². The van der Waals surface area contributed by atoms with E-state index in [1.165, 1.54) is 19.3 Å². The predicted octanol–water partition coefficient (Wildman–Crippen LogP) is 3.33. The number of hydrogen-bond donors (Lipinski definition) is 1. The molecule has 17 heavy (non-hydrogen) atoms. The van der Waals surface area contributed by atoms with Crippen LogP contribution in [0, 0.1) is 6.92 Å².